The summed E-state index contributed by atoms with van der Waals surface area (Å²) in [4.78, 5) is 4.04. The van der Waals surface area contributed by atoms with Crippen LogP contribution in [0.2, 0.25) is 0 Å². The van der Waals surface area contributed by atoms with Gasteiger partial charge in [0.15, 0.2) is 5.84 Å². The molecule has 1 aromatic rings. The third-order valence-corrected chi connectivity index (χ3v) is 1.94. The van der Waals surface area contributed by atoms with Crippen molar-refractivity contribution >= 4 is 11.5 Å². The third-order valence-electron chi connectivity index (χ3n) is 1.94. The molecule has 0 spiro atoms. The highest BCUT2D eigenvalue weighted by Crippen LogP contribution is 2.14. The van der Waals surface area contributed by atoms with Gasteiger partial charge in [-0.2, -0.15) is 0 Å². The normalized spacial score (nSPS) is 15.1. The van der Waals surface area contributed by atoms with Gasteiger partial charge in [-0.25, -0.2) is 4.99 Å². The Morgan fingerprint density at radius 2 is 1.93 bits per heavy atom. The molecule has 0 aromatic heterocycles. The smallest absolute Gasteiger partial charge is 0.154 e. The largest absolute Gasteiger partial charge is 0.239 e. The maximum absolute atomic E-state index is 4.08. The van der Waals surface area contributed by atoms with Gasteiger partial charge in [0.2, 0.25) is 0 Å². The fourth-order valence-corrected chi connectivity index (χ4v) is 1.14. The minimum atomic E-state index is 0.769. The van der Waals surface area contributed by atoms with Crippen LogP contribution < -0.4 is 0 Å². The lowest BCUT2D eigenvalue weighted by molar-refractivity contribution is 1.23. The van der Waals surface area contributed by atoms with Crippen molar-refractivity contribution in [2.75, 3.05) is 0 Å². The molecule has 0 bridgehead atoms. The van der Waals surface area contributed by atoms with Crippen molar-refractivity contribution in [3.63, 3.8) is 0 Å². The summed E-state index contributed by atoms with van der Waals surface area (Å²) in [5.41, 5.74) is 2.09. The molecule has 1 aliphatic heterocycles. The molecule has 1 heterocycles. The molecule has 0 N–H and O–H groups in total. The highest BCUT2D eigenvalue weighted by molar-refractivity contribution is 5.86. The second kappa shape index (κ2) is 3.96. The summed E-state index contributed by atoms with van der Waals surface area (Å²) in [6.07, 6.45) is 4.50. The summed E-state index contributed by atoms with van der Waals surface area (Å²) in [6.45, 7) is 2.05. The molecule has 3 nitrogen and oxygen atoms in total. The van der Waals surface area contributed by atoms with Gasteiger partial charge in [-0.05, 0) is 19.1 Å². The molecule has 0 fully saturated rings. The van der Waals surface area contributed by atoms with Gasteiger partial charge in [-0.3, -0.25) is 0 Å². The maximum Gasteiger partial charge on any atom is 0.154 e. The summed E-state index contributed by atoms with van der Waals surface area (Å²) in [5, 5.41) is 8.12. The molecule has 1 aliphatic rings. The number of nitrogens with zero attached hydrogens (tertiary/aromatic N) is 3. The van der Waals surface area contributed by atoms with Gasteiger partial charge in [0.05, 0.1) is 5.69 Å². The molecule has 0 unspecified atom stereocenters. The number of aryl methyl sites for hydroxylation is 1. The summed E-state index contributed by atoms with van der Waals surface area (Å²) in [5.74, 6) is 0.769. The second-order valence-corrected chi connectivity index (χ2v) is 3.17. The van der Waals surface area contributed by atoms with Crippen molar-refractivity contribution in [1.82, 2.24) is 0 Å². The minimum absolute atomic E-state index is 0.769. The van der Waals surface area contributed by atoms with Gasteiger partial charge in [0.1, 0.15) is 0 Å². The molecular weight excluding hydrogens is 174 g/mol. The summed E-state index contributed by atoms with van der Waals surface area (Å²) < 4.78 is 0. The van der Waals surface area contributed by atoms with Crippen molar-refractivity contribution < 1.29 is 0 Å². The molecule has 70 valence electrons. The van der Waals surface area contributed by atoms with Gasteiger partial charge in [-0.1, -0.05) is 23.8 Å². The zero-order valence-electron chi connectivity index (χ0n) is 8.01. The molecular formula is C11H11N3. The van der Waals surface area contributed by atoms with Crippen molar-refractivity contribution in [2.24, 2.45) is 15.2 Å². The molecule has 0 radical (unpaired) electrons. The van der Waals surface area contributed by atoms with Gasteiger partial charge in [-0.15, -0.1) is 10.2 Å². The number of benzene rings is 1. The van der Waals surface area contributed by atoms with E-state index < -0.39 is 0 Å². The lowest BCUT2D eigenvalue weighted by Crippen LogP contribution is -1.83. The molecule has 2 rings (SSSR count). The lowest BCUT2D eigenvalue weighted by atomic mass is 10.2. The van der Waals surface area contributed by atoms with Crippen LogP contribution in [0.1, 0.15) is 12.0 Å². The zero-order chi connectivity index (χ0) is 9.80. The Balaban J connectivity index is 2.07. The van der Waals surface area contributed by atoms with E-state index in [2.05, 4.69) is 15.2 Å². The van der Waals surface area contributed by atoms with E-state index in [1.807, 2.05) is 37.3 Å². The van der Waals surface area contributed by atoms with E-state index in [0.717, 1.165) is 17.9 Å². The van der Waals surface area contributed by atoms with Crippen molar-refractivity contribution in [3.05, 3.63) is 42.1 Å². The first-order valence-electron chi connectivity index (χ1n) is 4.55. The number of amidine groups is 1. The van der Waals surface area contributed by atoms with Crippen LogP contribution in [0.15, 0.2) is 51.8 Å². The van der Waals surface area contributed by atoms with E-state index in [0.29, 0.717) is 0 Å². The Morgan fingerprint density at radius 1 is 1.14 bits per heavy atom. The molecule has 0 saturated heterocycles. The molecule has 3 heteroatoms. The molecule has 0 atom stereocenters. The average molecular weight is 185 g/mol. The van der Waals surface area contributed by atoms with Crippen LogP contribution in [-0.2, 0) is 0 Å². The van der Waals surface area contributed by atoms with Gasteiger partial charge in [0.25, 0.3) is 0 Å². The first kappa shape index (κ1) is 8.81. The van der Waals surface area contributed by atoms with E-state index in [1.54, 1.807) is 6.20 Å². The van der Waals surface area contributed by atoms with Crippen LogP contribution in [0, 0.1) is 6.92 Å². The Bertz CT molecular complexity index is 399. The summed E-state index contributed by atoms with van der Waals surface area (Å²) >= 11 is 0. The fourth-order valence-electron chi connectivity index (χ4n) is 1.14. The Labute approximate surface area is 82.9 Å². The first-order valence-corrected chi connectivity index (χ1v) is 4.55. The standard InChI is InChI=1S/C11H11N3/c1-9-4-6-10(7-5-9)13-14-11-3-2-8-12-11/h2,4-8H,3H2,1H3. The van der Waals surface area contributed by atoms with Crippen molar-refractivity contribution in [3.8, 4) is 0 Å². The summed E-state index contributed by atoms with van der Waals surface area (Å²) in [7, 11) is 0. The average Bonchev–Trinajstić information content (AvgIpc) is 2.70. The number of hydrogen-bond acceptors (Lipinski definition) is 3. The van der Waals surface area contributed by atoms with Crippen LogP contribution in [-0.4, -0.2) is 5.84 Å². The number of aliphatic imine (C=N–C) groups is 1. The molecule has 0 aliphatic carbocycles. The van der Waals surface area contributed by atoms with E-state index in [1.165, 1.54) is 5.56 Å². The van der Waals surface area contributed by atoms with Gasteiger partial charge in [0, 0.05) is 12.6 Å². The van der Waals surface area contributed by atoms with Crippen LogP contribution >= 0.6 is 0 Å². The minimum Gasteiger partial charge on any atom is -0.239 e. The van der Waals surface area contributed by atoms with E-state index in [9.17, 15) is 0 Å². The highest BCUT2D eigenvalue weighted by atomic mass is 15.1. The van der Waals surface area contributed by atoms with Crippen molar-refractivity contribution in [2.45, 2.75) is 13.3 Å². The quantitative estimate of drug-likeness (QED) is 0.601. The van der Waals surface area contributed by atoms with E-state index in [-0.39, 0.29) is 0 Å². The SMILES string of the molecule is Cc1ccc(N=NC2=NC=CC2)cc1. The lowest BCUT2D eigenvalue weighted by Gasteiger charge is -1.93. The van der Waals surface area contributed by atoms with Crippen LogP contribution in [0.3, 0.4) is 0 Å². The van der Waals surface area contributed by atoms with Gasteiger partial charge < -0.3 is 0 Å². The molecule has 14 heavy (non-hydrogen) atoms. The summed E-state index contributed by atoms with van der Waals surface area (Å²) in [6, 6.07) is 7.93. The van der Waals surface area contributed by atoms with Crippen LogP contribution in [0.25, 0.3) is 0 Å². The van der Waals surface area contributed by atoms with Crippen LogP contribution in [0.5, 0.6) is 0 Å². The Kier molecular flexibility index (Phi) is 2.49. The second-order valence-electron chi connectivity index (χ2n) is 3.17. The monoisotopic (exact) mass is 185 g/mol. The zero-order valence-corrected chi connectivity index (χ0v) is 8.01. The first-order chi connectivity index (χ1) is 6.84. The topological polar surface area (TPSA) is 37.1 Å². The number of rotatable bonds is 1. The molecule has 0 amide bonds. The van der Waals surface area contributed by atoms with E-state index >= 15 is 0 Å². The third kappa shape index (κ3) is 2.13. The Hall–Kier alpha value is -1.77. The van der Waals surface area contributed by atoms with Crippen molar-refractivity contribution in [1.29, 1.82) is 0 Å². The predicted molar refractivity (Wildman–Crippen MR) is 56.9 cm³/mol. The number of azo groups is 1. The van der Waals surface area contributed by atoms with E-state index in [4.69, 9.17) is 0 Å². The number of hydrogen-bond donors (Lipinski definition) is 0. The molecule has 1 aromatic carbocycles. The highest BCUT2D eigenvalue weighted by Gasteiger charge is 1.97. The molecule has 0 saturated carbocycles. The van der Waals surface area contributed by atoms with Gasteiger partial charge >= 0.3 is 0 Å². The fraction of sp³-hybridized carbons (Fsp3) is 0.182. The van der Waals surface area contributed by atoms with Crippen LogP contribution in [0.4, 0.5) is 5.69 Å². The predicted octanol–water partition coefficient (Wildman–Crippen LogP) is 3.39. The maximum atomic E-state index is 4.08. The Morgan fingerprint density at radius 3 is 2.57 bits per heavy atom.